The van der Waals surface area contributed by atoms with Crippen molar-refractivity contribution >= 4 is 45.6 Å². The number of aryl methyl sites for hydroxylation is 1. The van der Waals surface area contributed by atoms with Gasteiger partial charge in [-0.25, -0.2) is 4.98 Å². The second-order valence-corrected chi connectivity index (χ2v) is 6.10. The quantitative estimate of drug-likeness (QED) is 0.908. The van der Waals surface area contributed by atoms with Crippen LogP contribution in [0.25, 0.3) is 10.2 Å². The maximum absolute atomic E-state index is 12.0. The van der Waals surface area contributed by atoms with Crippen LogP contribution in [0.2, 0.25) is 0 Å². The van der Waals surface area contributed by atoms with Crippen molar-refractivity contribution in [2.45, 2.75) is 19.4 Å². The number of amides is 1. The molecule has 1 aliphatic rings. The summed E-state index contributed by atoms with van der Waals surface area (Å²) in [5.41, 5.74) is 1.79. The largest absolute Gasteiger partial charge is 0.375 e. The third kappa shape index (κ3) is 4.14. The lowest BCUT2D eigenvalue weighted by Gasteiger charge is -2.23. The molecular formula is C14H18ClN3O2S. The van der Waals surface area contributed by atoms with Crippen molar-refractivity contribution in [3.63, 3.8) is 0 Å². The number of anilines is 1. The average Bonchev–Trinajstić information content (AvgIpc) is 2.79. The van der Waals surface area contributed by atoms with Crippen LogP contribution in [-0.2, 0) is 9.53 Å². The number of fused-ring (bicyclic) bond motifs is 1. The van der Waals surface area contributed by atoms with Crippen molar-refractivity contribution in [1.29, 1.82) is 0 Å². The number of hydrogen-bond acceptors (Lipinski definition) is 5. The van der Waals surface area contributed by atoms with Gasteiger partial charge in [-0.2, -0.15) is 0 Å². The molecule has 1 aliphatic heterocycles. The molecule has 1 fully saturated rings. The number of benzene rings is 1. The Labute approximate surface area is 133 Å². The molecule has 1 aromatic carbocycles. The fourth-order valence-corrected chi connectivity index (χ4v) is 3.15. The summed E-state index contributed by atoms with van der Waals surface area (Å²) in [4.78, 5) is 16.4. The molecule has 21 heavy (non-hydrogen) atoms. The smallest absolute Gasteiger partial charge is 0.227 e. The average molecular weight is 328 g/mol. The highest BCUT2D eigenvalue weighted by Gasteiger charge is 2.17. The number of hydrogen-bond donors (Lipinski definition) is 2. The van der Waals surface area contributed by atoms with E-state index in [1.54, 1.807) is 11.3 Å². The summed E-state index contributed by atoms with van der Waals surface area (Å²) in [5, 5.41) is 7.17. The molecule has 2 N–H and O–H groups in total. The summed E-state index contributed by atoms with van der Waals surface area (Å²) in [5.74, 6) is -0.0145. The number of ether oxygens (including phenoxy) is 1. The van der Waals surface area contributed by atoms with Crippen molar-refractivity contribution in [3.8, 4) is 0 Å². The zero-order chi connectivity index (χ0) is 13.9. The van der Waals surface area contributed by atoms with E-state index in [4.69, 9.17) is 4.74 Å². The van der Waals surface area contributed by atoms with Crippen molar-refractivity contribution in [1.82, 2.24) is 10.3 Å². The second-order valence-electron chi connectivity index (χ2n) is 4.86. The summed E-state index contributed by atoms with van der Waals surface area (Å²) in [6.07, 6.45) is 0.352. The molecule has 0 saturated carbocycles. The van der Waals surface area contributed by atoms with E-state index in [2.05, 4.69) is 15.6 Å². The topological polar surface area (TPSA) is 63.2 Å². The molecule has 2 heterocycles. The van der Waals surface area contributed by atoms with Gasteiger partial charge < -0.3 is 15.4 Å². The van der Waals surface area contributed by atoms with Crippen LogP contribution < -0.4 is 10.6 Å². The van der Waals surface area contributed by atoms with Gasteiger partial charge in [-0.15, -0.1) is 23.7 Å². The van der Waals surface area contributed by atoms with E-state index in [1.165, 1.54) is 0 Å². The first-order valence-electron chi connectivity index (χ1n) is 6.70. The molecule has 0 aliphatic carbocycles. The lowest BCUT2D eigenvalue weighted by molar-refractivity contribution is -0.119. The third-order valence-corrected chi connectivity index (χ3v) is 4.13. The summed E-state index contributed by atoms with van der Waals surface area (Å²) in [7, 11) is 0. The molecule has 1 unspecified atom stereocenters. The molecule has 1 amide bonds. The van der Waals surface area contributed by atoms with Crippen LogP contribution >= 0.6 is 23.7 Å². The standard InChI is InChI=1S/C14H17N3O2S.ClH/c1-9-16-12-3-2-10(6-13(12)20-9)17-14(18)7-11-8-15-4-5-19-11;/h2-3,6,11,15H,4-5,7-8H2,1H3,(H,17,18);1H. The van der Waals surface area contributed by atoms with Crippen molar-refractivity contribution in [2.24, 2.45) is 0 Å². The van der Waals surface area contributed by atoms with Crippen LogP contribution in [0.5, 0.6) is 0 Å². The Morgan fingerprint density at radius 1 is 1.57 bits per heavy atom. The lowest BCUT2D eigenvalue weighted by Crippen LogP contribution is -2.40. The highest BCUT2D eigenvalue weighted by Crippen LogP contribution is 2.24. The number of nitrogens with one attached hydrogen (secondary N) is 2. The van der Waals surface area contributed by atoms with E-state index in [9.17, 15) is 4.79 Å². The van der Waals surface area contributed by atoms with Gasteiger partial charge in [0, 0.05) is 18.8 Å². The summed E-state index contributed by atoms with van der Waals surface area (Å²) in [6.45, 7) is 4.25. The molecule has 1 saturated heterocycles. The van der Waals surface area contributed by atoms with Gasteiger partial charge in [0.25, 0.3) is 0 Å². The SMILES string of the molecule is Cc1nc2ccc(NC(=O)CC3CNCCO3)cc2s1.Cl. The van der Waals surface area contributed by atoms with Gasteiger partial charge in [0.15, 0.2) is 0 Å². The first-order valence-corrected chi connectivity index (χ1v) is 7.52. The molecule has 1 aromatic heterocycles. The fraction of sp³-hybridized carbons (Fsp3) is 0.429. The normalized spacial score (nSPS) is 18.2. The van der Waals surface area contributed by atoms with Crippen LogP contribution in [-0.4, -0.2) is 36.7 Å². The number of carbonyl (C=O) groups excluding carboxylic acids is 1. The Kier molecular flexibility index (Phi) is 5.52. The maximum atomic E-state index is 12.0. The Morgan fingerprint density at radius 3 is 3.19 bits per heavy atom. The van der Waals surface area contributed by atoms with Gasteiger partial charge in [-0.3, -0.25) is 4.79 Å². The maximum Gasteiger partial charge on any atom is 0.227 e. The van der Waals surface area contributed by atoms with Crippen LogP contribution in [0.3, 0.4) is 0 Å². The number of morpholine rings is 1. The third-order valence-electron chi connectivity index (χ3n) is 3.20. The van der Waals surface area contributed by atoms with Gasteiger partial charge in [0.2, 0.25) is 5.91 Å². The Morgan fingerprint density at radius 2 is 2.43 bits per heavy atom. The van der Waals surface area contributed by atoms with Crippen LogP contribution in [0.4, 0.5) is 5.69 Å². The van der Waals surface area contributed by atoms with Crippen LogP contribution in [0.15, 0.2) is 18.2 Å². The van der Waals surface area contributed by atoms with E-state index in [0.717, 1.165) is 34.0 Å². The number of halogens is 1. The Bertz CT molecular complexity index is 626. The number of carbonyl (C=O) groups is 1. The van der Waals surface area contributed by atoms with Gasteiger partial charge >= 0.3 is 0 Å². The number of aromatic nitrogens is 1. The zero-order valence-electron chi connectivity index (χ0n) is 11.7. The highest BCUT2D eigenvalue weighted by atomic mass is 35.5. The number of thiazole rings is 1. The minimum atomic E-state index is -0.0295. The fourth-order valence-electron chi connectivity index (χ4n) is 2.29. The van der Waals surface area contributed by atoms with E-state index < -0.39 is 0 Å². The van der Waals surface area contributed by atoms with Crippen LogP contribution in [0.1, 0.15) is 11.4 Å². The highest BCUT2D eigenvalue weighted by molar-refractivity contribution is 7.18. The molecule has 0 bridgehead atoms. The van der Waals surface area contributed by atoms with Gasteiger partial charge in [-0.1, -0.05) is 0 Å². The van der Waals surface area contributed by atoms with E-state index >= 15 is 0 Å². The molecular weight excluding hydrogens is 310 g/mol. The monoisotopic (exact) mass is 327 g/mol. The first-order chi connectivity index (χ1) is 9.70. The number of rotatable bonds is 3. The van der Waals surface area contributed by atoms with E-state index in [1.807, 2.05) is 25.1 Å². The van der Waals surface area contributed by atoms with Crippen molar-refractivity contribution in [3.05, 3.63) is 23.2 Å². The summed E-state index contributed by atoms with van der Waals surface area (Å²) < 4.78 is 6.62. The minimum absolute atomic E-state index is 0. The summed E-state index contributed by atoms with van der Waals surface area (Å²) in [6, 6.07) is 5.80. The molecule has 7 heteroatoms. The van der Waals surface area contributed by atoms with Gasteiger partial charge in [-0.05, 0) is 25.1 Å². The molecule has 5 nitrogen and oxygen atoms in total. The molecule has 0 radical (unpaired) electrons. The molecule has 0 spiro atoms. The van der Waals surface area contributed by atoms with Crippen molar-refractivity contribution < 1.29 is 9.53 Å². The minimum Gasteiger partial charge on any atom is -0.375 e. The number of nitrogens with zero attached hydrogens (tertiary/aromatic N) is 1. The molecule has 114 valence electrons. The predicted octanol–water partition coefficient (Wildman–Crippen LogP) is 2.34. The molecule has 1 atom stereocenters. The molecule has 3 rings (SSSR count). The lowest BCUT2D eigenvalue weighted by atomic mass is 10.2. The van der Waals surface area contributed by atoms with E-state index in [0.29, 0.717) is 13.0 Å². The Balaban J connectivity index is 0.00000161. The molecule has 2 aromatic rings. The second kappa shape index (κ2) is 7.17. The van der Waals surface area contributed by atoms with Gasteiger partial charge in [0.1, 0.15) is 0 Å². The Hall–Kier alpha value is -1.21. The summed E-state index contributed by atoms with van der Waals surface area (Å²) >= 11 is 1.63. The van der Waals surface area contributed by atoms with E-state index in [-0.39, 0.29) is 24.4 Å². The first kappa shape index (κ1) is 16.2. The van der Waals surface area contributed by atoms with Crippen LogP contribution in [0, 0.1) is 6.92 Å². The zero-order valence-corrected chi connectivity index (χ0v) is 13.4. The predicted molar refractivity (Wildman–Crippen MR) is 87.5 cm³/mol. The van der Waals surface area contributed by atoms with Crippen molar-refractivity contribution in [2.75, 3.05) is 25.0 Å². The van der Waals surface area contributed by atoms with Gasteiger partial charge in [0.05, 0.1) is 34.4 Å².